The fourth-order valence-corrected chi connectivity index (χ4v) is 6.57. The zero-order valence-electron chi connectivity index (χ0n) is 18.1. The predicted octanol–water partition coefficient (Wildman–Crippen LogP) is 4.52. The van der Waals surface area contributed by atoms with Gasteiger partial charge in [-0.25, -0.2) is 0 Å². The molecular weight excluding hydrogens is 368 g/mol. The highest BCUT2D eigenvalue weighted by molar-refractivity contribution is 5.88. The number of rotatable bonds is 10. The molecule has 0 aromatic carbocycles. The lowest BCUT2D eigenvalue weighted by Gasteiger charge is -2.23. The van der Waals surface area contributed by atoms with Gasteiger partial charge in [-0.3, -0.25) is 9.59 Å². The van der Waals surface area contributed by atoms with E-state index >= 15 is 0 Å². The van der Waals surface area contributed by atoms with Crippen molar-refractivity contribution in [3.63, 3.8) is 0 Å². The number of carbonyl (C=O) groups excluding carboxylic acids is 2. The van der Waals surface area contributed by atoms with Crippen molar-refractivity contribution >= 4 is 11.9 Å². The van der Waals surface area contributed by atoms with E-state index in [9.17, 15) is 9.59 Å². The van der Waals surface area contributed by atoms with Crippen molar-refractivity contribution in [1.82, 2.24) is 0 Å². The summed E-state index contributed by atoms with van der Waals surface area (Å²) in [4.78, 5) is 25.7. The maximum absolute atomic E-state index is 12.8. The molecule has 0 radical (unpaired) electrons. The molecule has 4 aliphatic carbocycles. The van der Waals surface area contributed by atoms with Crippen molar-refractivity contribution in [2.75, 3.05) is 13.2 Å². The lowest BCUT2D eigenvalue weighted by Crippen LogP contribution is -2.32. The van der Waals surface area contributed by atoms with E-state index in [1.54, 1.807) is 0 Å². The zero-order chi connectivity index (χ0) is 20.4. The number of hydrogen-bond acceptors (Lipinski definition) is 5. The number of carbonyl (C=O) groups is 2. The Morgan fingerprint density at radius 2 is 1.17 bits per heavy atom. The molecule has 0 amide bonds. The van der Waals surface area contributed by atoms with Crippen LogP contribution in [0.2, 0.25) is 0 Å². The summed E-state index contributed by atoms with van der Waals surface area (Å²) in [5, 5.41) is 0. The zero-order valence-corrected chi connectivity index (χ0v) is 18.1. The summed E-state index contributed by atoms with van der Waals surface area (Å²) >= 11 is 0. The van der Waals surface area contributed by atoms with Gasteiger partial charge in [-0.2, -0.15) is 0 Å². The van der Waals surface area contributed by atoms with Crippen LogP contribution >= 0.6 is 0 Å². The number of unbranched alkanes of at least 4 members (excludes halogenated alkanes) is 2. The van der Waals surface area contributed by atoms with Crippen molar-refractivity contribution in [1.29, 1.82) is 0 Å². The van der Waals surface area contributed by atoms with Crippen molar-refractivity contribution < 1.29 is 23.8 Å². The van der Waals surface area contributed by atoms with E-state index in [4.69, 9.17) is 14.2 Å². The molecule has 5 heteroatoms. The molecule has 0 heterocycles. The topological polar surface area (TPSA) is 61.8 Å². The van der Waals surface area contributed by atoms with E-state index < -0.39 is 0 Å². The van der Waals surface area contributed by atoms with Crippen molar-refractivity contribution in [2.45, 2.75) is 90.3 Å². The first-order valence-corrected chi connectivity index (χ1v) is 12.1. The standard InChI is InChI=1S/C24H38O5/c1-3-5-11-27-21-15-7-9-17(21)19(13-15)23(25)29-24(26)20-14-16-8-10-18(20)22(16)28-12-6-4-2/h15-22H,3-14H2,1-2H3. The van der Waals surface area contributed by atoms with Gasteiger partial charge in [-0.1, -0.05) is 26.7 Å². The largest absolute Gasteiger partial charge is 0.393 e. The highest BCUT2D eigenvalue weighted by atomic mass is 16.6. The Labute approximate surface area is 175 Å². The molecule has 29 heavy (non-hydrogen) atoms. The molecule has 4 saturated carbocycles. The first kappa shape index (κ1) is 21.3. The summed E-state index contributed by atoms with van der Waals surface area (Å²) in [6.07, 6.45) is 10.7. The van der Waals surface area contributed by atoms with Gasteiger partial charge in [0, 0.05) is 13.2 Å². The molecule has 0 spiro atoms. The lowest BCUT2D eigenvalue weighted by atomic mass is 9.88. The second-order valence-electron chi connectivity index (χ2n) is 9.81. The van der Waals surface area contributed by atoms with Gasteiger partial charge in [0.1, 0.15) is 0 Å². The van der Waals surface area contributed by atoms with Crippen LogP contribution in [0.4, 0.5) is 0 Å². The molecule has 5 nitrogen and oxygen atoms in total. The van der Waals surface area contributed by atoms with Gasteiger partial charge < -0.3 is 14.2 Å². The minimum absolute atomic E-state index is 0.153. The molecule has 4 aliphatic rings. The van der Waals surface area contributed by atoms with Crippen LogP contribution in [0.1, 0.15) is 78.1 Å². The average Bonchev–Trinajstić information content (AvgIpc) is 3.48. The molecule has 0 aromatic heterocycles. The van der Waals surface area contributed by atoms with Crippen LogP contribution < -0.4 is 0 Å². The van der Waals surface area contributed by atoms with Crippen LogP contribution in [0, 0.1) is 35.5 Å². The second-order valence-corrected chi connectivity index (χ2v) is 9.81. The summed E-state index contributed by atoms with van der Waals surface area (Å²) < 4.78 is 17.7. The Morgan fingerprint density at radius 3 is 1.59 bits per heavy atom. The summed E-state index contributed by atoms with van der Waals surface area (Å²) in [6, 6.07) is 0. The molecule has 8 atom stereocenters. The number of esters is 2. The lowest BCUT2D eigenvalue weighted by molar-refractivity contribution is -0.168. The molecule has 0 aliphatic heterocycles. The third-order valence-electron chi connectivity index (χ3n) is 8.08. The Balaban J connectivity index is 1.29. The average molecular weight is 407 g/mol. The van der Waals surface area contributed by atoms with E-state index in [0.29, 0.717) is 11.8 Å². The van der Waals surface area contributed by atoms with E-state index in [1.165, 1.54) is 0 Å². The molecule has 0 aromatic rings. The molecule has 4 rings (SSSR count). The van der Waals surface area contributed by atoms with Gasteiger partial charge in [0.2, 0.25) is 0 Å². The number of ether oxygens (including phenoxy) is 3. The first-order chi connectivity index (χ1) is 14.1. The van der Waals surface area contributed by atoms with Crippen LogP contribution in [0.3, 0.4) is 0 Å². The minimum atomic E-state index is -0.294. The summed E-state index contributed by atoms with van der Waals surface area (Å²) in [7, 11) is 0. The van der Waals surface area contributed by atoms with Crippen LogP contribution in [0.5, 0.6) is 0 Å². The third kappa shape index (κ3) is 4.27. The Hall–Kier alpha value is -0.940. The maximum Gasteiger partial charge on any atom is 0.316 e. The molecule has 164 valence electrons. The second kappa shape index (κ2) is 9.47. The van der Waals surface area contributed by atoms with Gasteiger partial charge in [0.25, 0.3) is 0 Å². The smallest absolute Gasteiger partial charge is 0.316 e. The Morgan fingerprint density at radius 1 is 0.724 bits per heavy atom. The van der Waals surface area contributed by atoms with Crippen LogP contribution in [0.15, 0.2) is 0 Å². The van der Waals surface area contributed by atoms with Crippen molar-refractivity contribution in [3.05, 3.63) is 0 Å². The SMILES string of the molecule is CCCCOC1C2CCC1C(C(=O)OC(=O)C1CC3CCC1C3OCCCC)C2. The normalized spacial score (nSPS) is 39.9. The van der Waals surface area contributed by atoms with E-state index in [0.717, 1.165) is 77.4 Å². The summed E-state index contributed by atoms with van der Waals surface area (Å²) in [5.74, 6) is 0.505. The van der Waals surface area contributed by atoms with Gasteiger partial charge in [-0.15, -0.1) is 0 Å². The fourth-order valence-electron chi connectivity index (χ4n) is 6.57. The highest BCUT2D eigenvalue weighted by Gasteiger charge is 2.55. The van der Waals surface area contributed by atoms with Crippen LogP contribution in [-0.2, 0) is 23.8 Å². The first-order valence-electron chi connectivity index (χ1n) is 12.1. The molecule has 4 bridgehead atoms. The van der Waals surface area contributed by atoms with Crippen molar-refractivity contribution in [2.24, 2.45) is 35.5 Å². The molecule has 4 fully saturated rings. The van der Waals surface area contributed by atoms with Gasteiger partial charge in [0.15, 0.2) is 0 Å². The highest BCUT2D eigenvalue weighted by Crippen LogP contribution is 2.52. The van der Waals surface area contributed by atoms with E-state index in [2.05, 4.69) is 13.8 Å². The molecule has 0 saturated heterocycles. The van der Waals surface area contributed by atoms with E-state index in [-0.39, 0.29) is 47.8 Å². The quantitative estimate of drug-likeness (QED) is 0.303. The fraction of sp³-hybridized carbons (Fsp3) is 0.917. The van der Waals surface area contributed by atoms with E-state index in [1.807, 2.05) is 0 Å². The summed E-state index contributed by atoms with van der Waals surface area (Å²) in [6.45, 7) is 5.87. The van der Waals surface area contributed by atoms with Gasteiger partial charge >= 0.3 is 11.9 Å². The van der Waals surface area contributed by atoms with Crippen LogP contribution in [0.25, 0.3) is 0 Å². The predicted molar refractivity (Wildman–Crippen MR) is 109 cm³/mol. The monoisotopic (exact) mass is 406 g/mol. The van der Waals surface area contributed by atoms with Gasteiger partial charge in [0.05, 0.1) is 24.0 Å². The molecule has 8 unspecified atom stereocenters. The number of fused-ring (bicyclic) bond motifs is 4. The maximum atomic E-state index is 12.8. The minimum Gasteiger partial charge on any atom is -0.393 e. The third-order valence-corrected chi connectivity index (χ3v) is 8.08. The Bertz CT molecular complexity index is 540. The van der Waals surface area contributed by atoms with Crippen molar-refractivity contribution in [3.8, 4) is 0 Å². The Kier molecular flexibility index (Phi) is 6.95. The van der Waals surface area contributed by atoms with Crippen LogP contribution in [-0.4, -0.2) is 37.4 Å². The number of hydrogen-bond donors (Lipinski definition) is 0. The molecular formula is C24H38O5. The summed E-state index contributed by atoms with van der Waals surface area (Å²) in [5.41, 5.74) is 0. The molecule has 0 N–H and O–H groups in total. The van der Waals surface area contributed by atoms with Gasteiger partial charge in [-0.05, 0) is 75.0 Å².